The molecule has 1 amide bonds. The number of halogens is 1. The summed E-state index contributed by atoms with van der Waals surface area (Å²) >= 11 is 3.52. The molecule has 1 aromatic rings. The van der Waals surface area contributed by atoms with Crippen molar-refractivity contribution in [3.8, 4) is 0 Å². The third-order valence-corrected chi connectivity index (χ3v) is 2.99. The molecule has 0 aliphatic heterocycles. The molecule has 0 atom stereocenters. The zero-order chi connectivity index (χ0) is 12.1. The fourth-order valence-corrected chi connectivity index (χ4v) is 2.38. The van der Waals surface area contributed by atoms with Gasteiger partial charge in [-0.25, -0.2) is 0 Å². The molecule has 0 saturated carbocycles. The summed E-state index contributed by atoms with van der Waals surface area (Å²) in [6.07, 6.45) is 0.482. The number of nitrogens with one attached hydrogen (secondary N) is 2. The molecule has 4 heteroatoms. The Morgan fingerprint density at radius 3 is 2.62 bits per heavy atom. The third kappa shape index (κ3) is 3.52. The van der Waals surface area contributed by atoms with E-state index < -0.39 is 0 Å². The van der Waals surface area contributed by atoms with Gasteiger partial charge in [-0.2, -0.15) is 0 Å². The van der Waals surface area contributed by atoms with Gasteiger partial charge in [0.2, 0.25) is 5.91 Å². The molecule has 0 aliphatic rings. The number of anilines is 1. The maximum atomic E-state index is 11.1. The van der Waals surface area contributed by atoms with Crippen molar-refractivity contribution in [3.05, 3.63) is 27.7 Å². The van der Waals surface area contributed by atoms with Gasteiger partial charge in [-0.3, -0.25) is 4.79 Å². The highest BCUT2D eigenvalue weighted by atomic mass is 79.9. The summed E-state index contributed by atoms with van der Waals surface area (Å²) in [6.45, 7) is 4.76. The van der Waals surface area contributed by atoms with E-state index in [4.69, 9.17) is 0 Å². The lowest BCUT2D eigenvalue weighted by Gasteiger charge is -2.12. The van der Waals surface area contributed by atoms with Crippen LogP contribution in [0.4, 0.5) is 5.69 Å². The number of amides is 1. The Labute approximate surface area is 105 Å². The Bertz CT molecular complexity index is 368. The van der Waals surface area contributed by atoms with Crippen molar-refractivity contribution in [1.82, 2.24) is 5.32 Å². The van der Waals surface area contributed by atoms with Crippen LogP contribution in [0.15, 0.2) is 16.6 Å². The molecule has 0 saturated heterocycles. The van der Waals surface area contributed by atoms with Gasteiger partial charge in [0, 0.05) is 24.5 Å². The first-order chi connectivity index (χ1) is 7.54. The number of hydrogen-bond acceptors (Lipinski definition) is 2. The minimum atomic E-state index is 0.0494. The van der Waals surface area contributed by atoms with Gasteiger partial charge in [-0.15, -0.1) is 0 Å². The van der Waals surface area contributed by atoms with Crippen LogP contribution in [0.3, 0.4) is 0 Å². The molecule has 0 radical (unpaired) electrons. The van der Waals surface area contributed by atoms with E-state index in [1.165, 1.54) is 11.1 Å². The maximum Gasteiger partial charge on any atom is 0.221 e. The van der Waals surface area contributed by atoms with Gasteiger partial charge in [-0.05, 0) is 47.0 Å². The number of aryl methyl sites for hydroxylation is 2. The molecule has 0 bridgehead atoms. The molecule has 88 valence electrons. The van der Waals surface area contributed by atoms with Gasteiger partial charge in [0.15, 0.2) is 0 Å². The molecule has 0 unspecified atom stereocenters. The largest absolute Gasteiger partial charge is 0.383 e. The smallest absolute Gasteiger partial charge is 0.221 e. The first-order valence-electron chi connectivity index (χ1n) is 5.25. The predicted molar refractivity (Wildman–Crippen MR) is 70.8 cm³/mol. The van der Waals surface area contributed by atoms with Crippen LogP contribution in [0.25, 0.3) is 0 Å². The highest BCUT2D eigenvalue weighted by Gasteiger charge is 2.05. The van der Waals surface area contributed by atoms with E-state index in [-0.39, 0.29) is 5.91 Å². The van der Waals surface area contributed by atoms with Gasteiger partial charge in [0.1, 0.15) is 0 Å². The van der Waals surface area contributed by atoms with Gasteiger partial charge in [0.05, 0.1) is 5.69 Å². The summed E-state index contributed by atoms with van der Waals surface area (Å²) in [4.78, 5) is 11.1. The number of carbonyl (C=O) groups is 1. The third-order valence-electron chi connectivity index (χ3n) is 2.36. The van der Waals surface area contributed by atoms with Crippen LogP contribution < -0.4 is 10.6 Å². The van der Waals surface area contributed by atoms with E-state index in [0.717, 1.165) is 10.2 Å². The van der Waals surface area contributed by atoms with Crippen LogP contribution in [0.5, 0.6) is 0 Å². The van der Waals surface area contributed by atoms with Crippen LogP contribution in [0, 0.1) is 13.8 Å². The van der Waals surface area contributed by atoms with E-state index in [1.807, 2.05) is 0 Å². The number of carbonyl (C=O) groups excluding carboxylic acids is 1. The molecule has 0 aromatic heterocycles. The molecule has 16 heavy (non-hydrogen) atoms. The van der Waals surface area contributed by atoms with Gasteiger partial charge >= 0.3 is 0 Å². The Hall–Kier alpha value is -1.03. The fraction of sp³-hybridized carbons (Fsp3) is 0.417. The Kier molecular flexibility index (Phi) is 4.80. The Morgan fingerprint density at radius 2 is 2.06 bits per heavy atom. The SMILES string of the molecule is CNC(=O)CCNc1c(C)cc(C)cc1Br. The summed E-state index contributed by atoms with van der Waals surface area (Å²) < 4.78 is 1.04. The standard InChI is InChI=1S/C12H17BrN2O/c1-8-6-9(2)12(10(13)7-8)15-5-4-11(16)14-3/h6-7,15H,4-5H2,1-3H3,(H,14,16). The summed E-state index contributed by atoms with van der Waals surface area (Å²) in [7, 11) is 1.65. The van der Waals surface area contributed by atoms with E-state index in [9.17, 15) is 4.79 Å². The summed E-state index contributed by atoms with van der Waals surface area (Å²) in [6, 6.07) is 4.18. The monoisotopic (exact) mass is 284 g/mol. The Morgan fingerprint density at radius 1 is 1.38 bits per heavy atom. The Balaban J connectivity index is 2.64. The quantitative estimate of drug-likeness (QED) is 0.893. The molecule has 0 spiro atoms. The van der Waals surface area contributed by atoms with Crippen molar-refractivity contribution in [3.63, 3.8) is 0 Å². The summed E-state index contributed by atoms with van der Waals surface area (Å²) in [5.41, 5.74) is 3.47. The molecular formula is C12H17BrN2O. The minimum Gasteiger partial charge on any atom is -0.383 e. The topological polar surface area (TPSA) is 41.1 Å². The van der Waals surface area contributed by atoms with Crippen molar-refractivity contribution >= 4 is 27.5 Å². The molecular weight excluding hydrogens is 268 g/mol. The lowest BCUT2D eigenvalue weighted by atomic mass is 10.1. The molecule has 0 aliphatic carbocycles. The highest BCUT2D eigenvalue weighted by Crippen LogP contribution is 2.27. The lowest BCUT2D eigenvalue weighted by molar-refractivity contribution is -0.120. The van der Waals surface area contributed by atoms with Crippen molar-refractivity contribution in [2.75, 3.05) is 18.9 Å². The number of rotatable bonds is 4. The van der Waals surface area contributed by atoms with Crippen LogP contribution in [-0.4, -0.2) is 19.5 Å². The van der Waals surface area contributed by atoms with Gasteiger partial charge in [-0.1, -0.05) is 6.07 Å². The average Bonchev–Trinajstić information content (AvgIpc) is 2.21. The van der Waals surface area contributed by atoms with Crippen LogP contribution in [0.1, 0.15) is 17.5 Å². The van der Waals surface area contributed by atoms with Crippen LogP contribution in [-0.2, 0) is 4.79 Å². The van der Waals surface area contributed by atoms with E-state index >= 15 is 0 Å². The van der Waals surface area contributed by atoms with Crippen LogP contribution in [0.2, 0.25) is 0 Å². The van der Waals surface area contributed by atoms with Crippen molar-refractivity contribution in [1.29, 1.82) is 0 Å². The lowest BCUT2D eigenvalue weighted by Crippen LogP contribution is -2.21. The first-order valence-corrected chi connectivity index (χ1v) is 6.05. The minimum absolute atomic E-state index is 0.0494. The molecule has 1 rings (SSSR count). The maximum absolute atomic E-state index is 11.1. The van der Waals surface area contributed by atoms with E-state index in [2.05, 4.69) is 52.5 Å². The molecule has 3 nitrogen and oxygen atoms in total. The summed E-state index contributed by atoms with van der Waals surface area (Å²) in [5, 5.41) is 5.86. The van der Waals surface area contributed by atoms with Gasteiger partial charge < -0.3 is 10.6 Å². The molecule has 1 aromatic carbocycles. The summed E-state index contributed by atoms with van der Waals surface area (Å²) in [5.74, 6) is 0.0494. The first kappa shape index (κ1) is 13.0. The zero-order valence-corrected chi connectivity index (χ0v) is 11.4. The van der Waals surface area contributed by atoms with Crippen molar-refractivity contribution < 1.29 is 4.79 Å². The molecule has 0 fully saturated rings. The van der Waals surface area contributed by atoms with Gasteiger partial charge in [0.25, 0.3) is 0 Å². The molecule has 0 heterocycles. The second-order valence-corrected chi connectivity index (χ2v) is 4.64. The van der Waals surface area contributed by atoms with Crippen molar-refractivity contribution in [2.24, 2.45) is 0 Å². The van der Waals surface area contributed by atoms with Crippen molar-refractivity contribution in [2.45, 2.75) is 20.3 Å². The second-order valence-electron chi connectivity index (χ2n) is 3.79. The number of hydrogen-bond donors (Lipinski definition) is 2. The highest BCUT2D eigenvalue weighted by molar-refractivity contribution is 9.10. The van der Waals surface area contributed by atoms with E-state index in [0.29, 0.717) is 13.0 Å². The number of benzene rings is 1. The average molecular weight is 285 g/mol. The normalized spacial score (nSPS) is 10.0. The zero-order valence-electron chi connectivity index (χ0n) is 9.86. The van der Waals surface area contributed by atoms with Crippen LogP contribution >= 0.6 is 15.9 Å². The second kappa shape index (κ2) is 5.89. The fourth-order valence-electron chi connectivity index (χ4n) is 1.57. The molecule has 2 N–H and O–H groups in total. The predicted octanol–water partition coefficient (Wildman–Crippen LogP) is 2.61. The van der Waals surface area contributed by atoms with E-state index in [1.54, 1.807) is 7.05 Å².